The molecule has 1 rings (SSSR count). The zero-order valence-electron chi connectivity index (χ0n) is 11.7. The van der Waals surface area contributed by atoms with Crippen molar-refractivity contribution >= 4 is 5.91 Å². The molecule has 1 aliphatic carbocycles. The van der Waals surface area contributed by atoms with E-state index in [4.69, 9.17) is 10.5 Å². The van der Waals surface area contributed by atoms with Crippen molar-refractivity contribution in [2.45, 2.75) is 57.5 Å². The molecule has 1 aliphatic rings. The summed E-state index contributed by atoms with van der Waals surface area (Å²) in [7, 11) is 1.84. The van der Waals surface area contributed by atoms with E-state index in [9.17, 15) is 4.79 Å². The van der Waals surface area contributed by atoms with Crippen LogP contribution in [0.25, 0.3) is 0 Å². The molecule has 1 amide bonds. The molecule has 0 radical (unpaired) electrons. The van der Waals surface area contributed by atoms with Crippen LogP contribution in [0.3, 0.4) is 0 Å². The van der Waals surface area contributed by atoms with Crippen LogP contribution in [0, 0.1) is 0 Å². The van der Waals surface area contributed by atoms with Gasteiger partial charge in [0.25, 0.3) is 0 Å². The van der Waals surface area contributed by atoms with Crippen LogP contribution in [-0.2, 0) is 9.53 Å². The molecule has 1 saturated carbocycles. The minimum Gasteiger partial charge on any atom is -0.378 e. The molecule has 0 aromatic rings. The summed E-state index contributed by atoms with van der Waals surface area (Å²) in [6, 6.07) is 0. The van der Waals surface area contributed by atoms with Crippen molar-refractivity contribution in [3.8, 4) is 0 Å². The number of nitrogens with two attached hydrogens (primary N) is 1. The molecule has 0 heterocycles. The highest BCUT2D eigenvalue weighted by molar-refractivity contribution is 5.75. The van der Waals surface area contributed by atoms with Gasteiger partial charge in [0.2, 0.25) is 5.91 Å². The molecule has 0 aliphatic heterocycles. The fraction of sp³-hybridized carbons (Fsp3) is 0.929. The van der Waals surface area contributed by atoms with Crippen LogP contribution in [0.1, 0.15) is 51.4 Å². The van der Waals surface area contributed by atoms with Gasteiger partial charge in [-0.15, -0.1) is 0 Å². The Morgan fingerprint density at radius 1 is 1.28 bits per heavy atom. The highest BCUT2D eigenvalue weighted by Gasteiger charge is 2.14. The number of ether oxygens (including phenoxy) is 1. The normalized spacial score (nSPS) is 17.4. The van der Waals surface area contributed by atoms with Gasteiger partial charge >= 0.3 is 0 Å². The van der Waals surface area contributed by atoms with Gasteiger partial charge in [0, 0.05) is 13.6 Å². The summed E-state index contributed by atoms with van der Waals surface area (Å²) >= 11 is 0. The van der Waals surface area contributed by atoms with E-state index in [1.54, 1.807) is 4.90 Å². The van der Waals surface area contributed by atoms with Gasteiger partial charge in [0.1, 0.15) is 0 Å². The molecule has 4 nitrogen and oxygen atoms in total. The molecule has 4 heteroatoms. The lowest BCUT2D eigenvalue weighted by molar-refractivity contribution is -0.131. The van der Waals surface area contributed by atoms with Crippen molar-refractivity contribution in [1.29, 1.82) is 0 Å². The largest absolute Gasteiger partial charge is 0.378 e. The molecule has 0 aromatic carbocycles. The standard InChI is InChI=1S/C14H28N2O2/c1-16(11-6-10-15)14(17)9-12-18-13-7-4-2-3-5-8-13/h13H,2-12,15H2,1H3. The quantitative estimate of drug-likeness (QED) is 0.708. The topological polar surface area (TPSA) is 55.6 Å². The highest BCUT2D eigenvalue weighted by atomic mass is 16.5. The average molecular weight is 256 g/mol. The first-order valence-electron chi connectivity index (χ1n) is 7.29. The van der Waals surface area contributed by atoms with Gasteiger partial charge in [0.15, 0.2) is 0 Å². The predicted molar refractivity (Wildman–Crippen MR) is 73.4 cm³/mol. The number of nitrogens with zero attached hydrogens (tertiary/aromatic N) is 1. The molecule has 0 atom stereocenters. The Kier molecular flexibility index (Phi) is 8.01. The first kappa shape index (κ1) is 15.4. The second-order valence-electron chi connectivity index (χ2n) is 5.19. The number of carbonyl (C=O) groups excluding carboxylic acids is 1. The first-order chi connectivity index (χ1) is 8.74. The molecule has 0 spiro atoms. The van der Waals surface area contributed by atoms with Crippen LogP contribution >= 0.6 is 0 Å². The van der Waals surface area contributed by atoms with Gasteiger partial charge in [-0.05, 0) is 25.8 Å². The minimum atomic E-state index is 0.164. The summed E-state index contributed by atoms with van der Waals surface area (Å²) in [6.07, 6.45) is 9.29. The maximum Gasteiger partial charge on any atom is 0.224 e. The lowest BCUT2D eigenvalue weighted by Crippen LogP contribution is -2.30. The molecule has 0 saturated heterocycles. The fourth-order valence-electron chi connectivity index (χ4n) is 2.37. The molecule has 0 aromatic heterocycles. The Morgan fingerprint density at radius 2 is 1.94 bits per heavy atom. The Hall–Kier alpha value is -0.610. The van der Waals surface area contributed by atoms with Crippen LogP contribution in [0.5, 0.6) is 0 Å². The molecule has 0 unspecified atom stereocenters. The van der Waals surface area contributed by atoms with E-state index in [2.05, 4.69) is 0 Å². The van der Waals surface area contributed by atoms with Crippen LogP contribution < -0.4 is 5.73 Å². The molecule has 18 heavy (non-hydrogen) atoms. The number of hydrogen-bond acceptors (Lipinski definition) is 3. The Morgan fingerprint density at radius 3 is 2.56 bits per heavy atom. The lowest BCUT2D eigenvalue weighted by atomic mass is 10.1. The number of rotatable bonds is 7. The summed E-state index contributed by atoms with van der Waals surface area (Å²) < 4.78 is 5.82. The van der Waals surface area contributed by atoms with Crippen LogP contribution in [0.4, 0.5) is 0 Å². The molecule has 1 fully saturated rings. The summed E-state index contributed by atoms with van der Waals surface area (Å²) in [6.45, 7) is 1.95. The van der Waals surface area contributed by atoms with E-state index in [0.717, 1.165) is 25.8 Å². The highest BCUT2D eigenvalue weighted by Crippen LogP contribution is 2.19. The van der Waals surface area contributed by atoms with Gasteiger partial charge < -0.3 is 15.4 Å². The second-order valence-corrected chi connectivity index (χ2v) is 5.19. The van der Waals surface area contributed by atoms with Crippen LogP contribution in [0.2, 0.25) is 0 Å². The predicted octanol–water partition coefficient (Wildman–Crippen LogP) is 1.92. The van der Waals surface area contributed by atoms with Crippen LogP contribution in [0.15, 0.2) is 0 Å². The van der Waals surface area contributed by atoms with Crippen molar-refractivity contribution in [1.82, 2.24) is 4.90 Å². The Balaban J connectivity index is 2.10. The van der Waals surface area contributed by atoms with E-state index in [0.29, 0.717) is 25.7 Å². The molecule has 106 valence electrons. The summed E-state index contributed by atoms with van der Waals surface area (Å²) in [5.74, 6) is 0.164. The van der Waals surface area contributed by atoms with E-state index < -0.39 is 0 Å². The molecular formula is C14H28N2O2. The van der Waals surface area contributed by atoms with Crippen molar-refractivity contribution in [3.05, 3.63) is 0 Å². The van der Waals surface area contributed by atoms with Crippen molar-refractivity contribution in [2.75, 3.05) is 26.7 Å². The van der Waals surface area contributed by atoms with Crippen molar-refractivity contribution in [2.24, 2.45) is 5.73 Å². The summed E-state index contributed by atoms with van der Waals surface area (Å²) in [5, 5.41) is 0. The monoisotopic (exact) mass is 256 g/mol. The maximum atomic E-state index is 11.8. The van der Waals surface area contributed by atoms with E-state index >= 15 is 0 Å². The maximum absolute atomic E-state index is 11.8. The SMILES string of the molecule is CN(CCCN)C(=O)CCOC1CCCCCC1. The van der Waals surface area contributed by atoms with E-state index in [1.165, 1.54) is 25.7 Å². The van der Waals surface area contributed by atoms with Gasteiger partial charge in [-0.1, -0.05) is 25.7 Å². The molecule has 2 N–H and O–H groups in total. The fourth-order valence-corrected chi connectivity index (χ4v) is 2.37. The third-order valence-corrected chi connectivity index (χ3v) is 3.60. The zero-order valence-corrected chi connectivity index (χ0v) is 11.7. The Labute approximate surface area is 111 Å². The first-order valence-corrected chi connectivity index (χ1v) is 7.29. The second kappa shape index (κ2) is 9.34. The number of carbonyl (C=O) groups is 1. The van der Waals surface area contributed by atoms with Gasteiger partial charge in [0.05, 0.1) is 19.1 Å². The Bertz CT molecular complexity index is 226. The van der Waals surface area contributed by atoms with Crippen molar-refractivity contribution in [3.63, 3.8) is 0 Å². The number of hydrogen-bond donors (Lipinski definition) is 1. The summed E-state index contributed by atoms with van der Waals surface area (Å²) in [4.78, 5) is 13.5. The third kappa shape index (κ3) is 6.36. The van der Waals surface area contributed by atoms with Gasteiger partial charge in [-0.25, -0.2) is 0 Å². The molecule has 0 bridgehead atoms. The minimum absolute atomic E-state index is 0.164. The van der Waals surface area contributed by atoms with Crippen molar-refractivity contribution < 1.29 is 9.53 Å². The van der Waals surface area contributed by atoms with Crippen LogP contribution in [-0.4, -0.2) is 43.7 Å². The van der Waals surface area contributed by atoms with E-state index in [-0.39, 0.29) is 5.91 Å². The van der Waals surface area contributed by atoms with Gasteiger partial charge in [-0.2, -0.15) is 0 Å². The van der Waals surface area contributed by atoms with Gasteiger partial charge in [-0.3, -0.25) is 4.79 Å². The number of amides is 1. The third-order valence-electron chi connectivity index (χ3n) is 3.60. The average Bonchev–Trinajstić information content (AvgIpc) is 2.64. The molecular weight excluding hydrogens is 228 g/mol. The van der Waals surface area contributed by atoms with E-state index in [1.807, 2.05) is 7.05 Å². The summed E-state index contributed by atoms with van der Waals surface area (Å²) in [5.41, 5.74) is 5.43. The zero-order chi connectivity index (χ0) is 13.2. The smallest absolute Gasteiger partial charge is 0.224 e. The lowest BCUT2D eigenvalue weighted by Gasteiger charge is -2.18.